The van der Waals surface area contributed by atoms with Crippen LogP contribution in [0.3, 0.4) is 0 Å². The zero-order valence-electron chi connectivity index (χ0n) is 12.1. The number of hydrogen-bond donors (Lipinski definition) is 0. The van der Waals surface area contributed by atoms with Gasteiger partial charge in [-0.3, -0.25) is 0 Å². The van der Waals surface area contributed by atoms with Crippen LogP contribution in [0.1, 0.15) is 11.1 Å². The number of rotatable bonds is 6. The lowest BCUT2D eigenvalue weighted by molar-refractivity contribution is 0.301. The predicted octanol–water partition coefficient (Wildman–Crippen LogP) is 4.32. The van der Waals surface area contributed by atoms with Crippen molar-refractivity contribution in [3.63, 3.8) is 0 Å². The van der Waals surface area contributed by atoms with Gasteiger partial charge >= 0.3 is 0 Å². The average molecular weight is 268 g/mol. The maximum Gasteiger partial charge on any atom is 0.119 e. The van der Waals surface area contributed by atoms with Gasteiger partial charge < -0.3 is 9.47 Å². The summed E-state index contributed by atoms with van der Waals surface area (Å²) in [5.41, 5.74) is 3.35. The standard InChI is InChI=1S/C18H20O2/c1-14-4-8-17(9-5-14)19-12-16(3)13-20-18-10-6-15(2)7-11-18/h4-11H,3,12-13H2,1-2H3. The van der Waals surface area contributed by atoms with Crippen LogP contribution in [0.5, 0.6) is 11.5 Å². The second-order valence-corrected chi connectivity index (χ2v) is 4.95. The maximum absolute atomic E-state index is 5.65. The average Bonchev–Trinajstić information content (AvgIpc) is 2.46. The Morgan fingerprint density at radius 1 is 0.750 bits per heavy atom. The molecule has 0 radical (unpaired) electrons. The molecule has 0 aliphatic heterocycles. The normalized spacial score (nSPS) is 10.1. The summed E-state index contributed by atoms with van der Waals surface area (Å²) in [5.74, 6) is 1.71. The van der Waals surface area contributed by atoms with Crippen LogP contribution in [0.4, 0.5) is 0 Å². The van der Waals surface area contributed by atoms with Gasteiger partial charge in [-0.15, -0.1) is 0 Å². The van der Waals surface area contributed by atoms with Crippen LogP contribution in [-0.2, 0) is 0 Å². The van der Waals surface area contributed by atoms with Gasteiger partial charge in [-0.25, -0.2) is 0 Å². The largest absolute Gasteiger partial charge is 0.489 e. The molecule has 2 nitrogen and oxygen atoms in total. The molecule has 0 spiro atoms. The van der Waals surface area contributed by atoms with Gasteiger partial charge in [0.25, 0.3) is 0 Å². The Balaban J connectivity index is 1.75. The zero-order chi connectivity index (χ0) is 14.4. The summed E-state index contributed by atoms with van der Waals surface area (Å²) >= 11 is 0. The Kier molecular flexibility index (Phi) is 4.83. The maximum atomic E-state index is 5.65. The minimum atomic E-state index is 0.467. The van der Waals surface area contributed by atoms with Gasteiger partial charge in [-0.2, -0.15) is 0 Å². The highest BCUT2D eigenvalue weighted by molar-refractivity contribution is 5.28. The molecule has 2 aromatic rings. The highest BCUT2D eigenvalue weighted by Crippen LogP contribution is 2.14. The van der Waals surface area contributed by atoms with E-state index in [1.807, 2.05) is 48.5 Å². The second-order valence-electron chi connectivity index (χ2n) is 4.95. The monoisotopic (exact) mass is 268 g/mol. The van der Waals surface area contributed by atoms with E-state index < -0.39 is 0 Å². The molecule has 2 rings (SSSR count). The van der Waals surface area contributed by atoms with Gasteiger partial charge in [0.2, 0.25) is 0 Å². The number of ether oxygens (including phenoxy) is 2. The van der Waals surface area contributed by atoms with E-state index in [1.165, 1.54) is 11.1 Å². The first-order chi connectivity index (χ1) is 9.63. The molecule has 104 valence electrons. The quantitative estimate of drug-likeness (QED) is 0.726. The molecule has 2 heteroatoms. The van der Waals surface area contributed by atoms with Crippen molar-refractivity contribution in [2.75, 3.05) is 13.2 Å². The summed E-state index contributed by atoms with van der Waals surface area (Å²) in [4.78, 5) is 0. The molecule has 0 heterocycles. The lowest BCUT2D eigenvalue weighted by Gasteiger charge is -2.10. The van der Waals surface area contributed by atoms with Crippen molar-refractivity contribution >= 4 is 0 Å². The summed E-state index contributed by atoms with van der Waals surface area (Å²) in [5, 5.41) is 0. The topological polar surface area (TPSA) is 18.5 Å². The molecular formula is C18H20O2. The molecule has 0 aliphatic carbocycles. The molecule has 2 aromatic carbocycles. The lowest BCUT2D eigenvalue weighted by atomic mass is 10.2. The van der Waals surface area contributed by atoms with E-state index in [0.717, 1.165) is 17.1 Å². The Hall–Kier alpha value is -2.22. The summed E-state index contributed by atoms with van der Waals surface area (Å²) in [6, 6.07) is 16.0. The molecule has 0 atom stereocenters. The molecule has 0 unspecified atom stereocenters. The molecule has 0 N–H and O–H groups in total. The van der Waals surface area contributed by atoms with E-state index in [4.69, 9.17) is 9.47 Å². The first-order valence-corrected chi connectivity index (χ1v) is 6.69. The van der Waals surface area contributed by atoms with E-state index in [0.29, 0.717) is 13.2 Å². The Bertz CT molecular complexity index is 501. The van der Waals surface area contributed by atoms with Crippen molar-refractivity contribution in [3.05, 3.63) is 71.8 Å². The molecule has 0 saturated carbocycles. The third-order valence-electron chi connectivity index (χ3n) is 2.93. The van der Waals surface area contributed by atoms with Gasteiger partial charge in [0.05, 0.1) is 0 Å². The molecule has 0 amide bonds. The van der Waals surface area contributed by atoms with Crippen LogP contribution in [-0.4, -0.2) is 13.2 Å². The number of hydrogen-bond acceptors (Lipinski definition) is 2. The van der Waals surface area contributed by atoms with E-state index in [1.54, 1.807) is 0 Å². The van der Waals surface area contributed by atoms with Crippen LogP contribution < -0.4 is 9.47 Å². The number of aryl methyl sites for hydroxylation is 2. The van der Waals surface area contributed by atoms with Crippen molar-refractivity contribution in [3.8, 4) is 11.5 Å². The van der Waals surface area contributed by atoms with Crippen molar-refractivity contribution < 1.29 is 9.47 Å². The molecule has 0 fully saturated rings. The summed E-state index contributed by atoms with van der Waals surface area (Å²) in [6.07, 6.45) is 0. The van der Waals surface area contributed by atoms with Crippen molar-refractivity contribution in [1.82, 2.24) is 0 Å². The van der Waals surface area contributed by atoms with Crippen LogP contribution >= 0.6 is 0 Å². The molecule has 20 heavy (non-hydrogen) atoms. The van der Waals surface area contributed by atoms with Gasteiger partial charge in [0.1, 0.15) is 24.7 Å². The number of benzene rings is 2. The van der Waals surface area contributed by atoms with E-state index in [-0.39, 0.29) is 0 Å². The SMILES string of the molecule is C=C(COc1ccc(C)cc1)COc1ccc(C)cc1. The van der Waals surface area contributed by atoms with Gasteiger partial charge in [0, 0.05) is 0 Å². The summed E-state index contributed by atoms with van der Waals surface area (Å²) < 4.78 is 11.3. The van der Waals surface area contributed by atoms with Crippen molar-refractivity contribution in [2.45, 2.75) is 13.8 Å². The first kappa shape index (κ1) is 14.2. The van der Waals surface area contributed by atoms with Crippen molar-refractivity contribution in [1.29, 1.82) is 0 Å². The first-order valence-electron chi connectivity index (χ1n) is 6.69. The molecule has 0 bridgehead atoms. The second kappa shape index (κ2) is 6.80. The smallest absolute Gasteiger partial charge is 0.119 e. The molecular weight excluding hydrogens is 248 g/mol. The Morgan fingerprint density at radius 2 is 1.10 bits per heavy atom. The van der Waals surface area contributed by atoms with E-state index in [2.05, 4.69) is 20.4 Å². The van der Waals surface area contributed by atoms with E-state index >= 15 is 0 Å². The Morgan fingerprint density at radius 3 is 1.45 bits per heavy atom. The fraction of sp³-hybridized carbons (Fsp3) is 0.222. The van der Waals surface area contributed by atoms with Gasteiger partial charge in [-0.1, -0.05) is 42.0 Å². The fourth-order valence-corrected chi connectivity index (χ4v) is 1.68. The van der Waals surface area contributed by atoms with Crippen LogP contribution in [0.15, 0.2) is 60.7 Å². The molecule has 0 aromatic heterocycles. The predicted molar refractivity (Wildman–Crippen MR) is 82.5 cm³/mol. The van der Waals surface area contributed by atoms with Gasteiger partial charge in [0.15, 0.2) is 0 Å². The van der Waals surface area contributed by atoms with Crippen LogP contribution in [0, 0.1) is 13.8 Å². The van der Waals surface area contributed by atoms with Gasteiger partial charge in [-0.05, 0) is 43.7 Å². The molecule has 0 aliphatic rings. The minimum Gasteiger partial charge on any atom is -0.489 e. The third-order valence-corrected chi connectivity index (χ3v) is 2.93. The summed E-state index contributed by atoms with van der Waals surface area (Å²) in [6.45, 7) is 9.01. The third kappa shape index (κ3) is 4.47. The summed E-state index contributed by atoms with van der Waals surface area (Å²) in [7, 11) is 0. The highest BCUT2D eigenvalue weighted by atomic mass is 16.5. The van der Waals surface area contributed by atoms with Crippen LogP contribution in [0.2, 0.25) is 0 Å². The Labute approximate surface area is 120 Å². The van der Waals surface area contributed by atoms with Crippen molar-refractivity contribution in [2.24, 2.45) is 0 Å². The lowest BCUT2D eigenvalue weighted by Crippen LogP contribution is -2.08. The van der Waals surface area contributed by atoms with E-state index in [9.17, 15) is 0 Å². The zero-order valence-corrected chi connectivity index (χ0v) is 12.1. The minimum absolute atomic E-state index is 0.467. The highest BCUT2D eigenvalue weighted by Gasteiger charge is 1.99. The fourth-order valence-electron chi connectivity index (χ4n) is 1.68. The van der Waals surface area contributed by atoms with Crippen LogP contribution in [0.25, 0.3) is 0 Å². The molecule has 0 saturated heterocycles.